The van der Waals surface area contributed by atoms with Gasteiger partial charge in [0.2, 0.25) is 0 Å². The van der Waals surface area contributed by atoms with Crippen LogP contribution < -0.4 is 4.13 Å². The fourth-order valence-corrected chi connectivity index (χ4v) is 2.96. The summed E-state index contributed by atoms with van der Waals surface area (Å²) in [6.07, 6.45) is 0. The van der Waals surface area contributed by atoms with Crippen LogP contribution in [-0.4, -0.2) is 4.55 Å². The zero-order valence-corrected chi connectivity index (χ0v) is 6.67. The van der Waals surface area contributed by atoms with Crippen LogP contribution >= 0.6 is 11.9 Å². The molecule has 1 atom stereocenters. The molecule has 52 valence electrons. The maximum Gasteiger partial charge on any atom is 0.189 e. The number of hydrogen-bond acceptors (Lipinski definition) is 3. The zero-order valence-electron chi connectivity index (χ0n) is 5.03. The van der Waals surface area contributed by atoms with Crippen molar-refractivity contribution in [1.29, 1.82) is 0 Å². The van der Waals surface area contributed by atoms with E-state index in [9.17, 15) is 4.55 Å². The van der Waals surface area contributed by atoms with Crippen molar-refractivity contribution in [2.45, 2.75) is 9.79 Å². The van der Waals surface area contributed by atoms with E-state index in [4.69, 9.17) is 0 Å². The van der Waals surface area contributed by atoms with Gasteiger partial charge >= 0.3 is 0 Å². The van der Waals surface area contributed by atoms with Gasteiger partial charge < -0.3 is 4.55 Å². The van der Waals surface area contributed by atoms with E-state index in [1.165, 1.54) is 11.9 Å². The Morgan fingerprint density at radius 2 is 2.20 bits per heavy atom. The normalized spacial score (nSPS) is 22.7. The monoisotopic (exact) mass is 171 g/mol. The standard InChI is InChI=1S/C6H5NOS2/c8-10-6-4-2-1-3-5(6)9-7-10/h1-4,7H. The van der Waals surface area contributed by atoms with Crippen molar-refractivity contribution in [3.05, 3.63) is 24.3 Å². The summed E-state index contributed by atoms with van der Waals surface area (Å²) in [5.74, 6) is 0. The predicted octanol–water partition coefficient (Wildman–Crippen LogP) is 1.32. The Balaban J connectivity index is 2.51. The summed E-state index contributed by atoms with van der Waals surface area (Å²) in [7, 11) is 0. The molecule has 0 saturated heterocycles. The van der Waals surface area contributed by atoms with Crippen LogP contribution in [0.15, 0.2) is 34.1 Å². The first-order chi connectivity index (χ1) is 4.88. The lowest BCUT2D eigenvalue weighted by Crippen LogP contribution is -2.09. The van der Waals surface area contributed by atoms with Crippen LogP contribution in [0.25, 0.3) is 0 Å². The van der Waals surface area contributed by atoms with Crippen LogP contribution in [0, 0.1) is 0 Å². The Kier molecular flexibility index (Phi) is 1.61. The van der Waals surface area contributed by atoms with E-state index in [1.54, 1.807) is 0 Å². The van der Waals surface area contributed by atoms with Crippen molar-refractivity contribution < 1.29 is 4.55 Å². The minimum absolute atomic E-state index is 0.896. The molecule has 10 heavy (non-hydrogen) atoms. The van der Waals surface area contributed by atoms with Crippen LogP contribution in [0.5, 0.6) is 0 Å². The first-order valence-electron chi connectivity index (χ1n) is 2.81. The third kappa shape index (κ3) is 0.932. The molecule has 0 spiro atoms. The van der Waals surface area contributed by atoms with E-state index < -0.39 is 11.4 Å². The molecule has 0 aromatic heterocycles. The molecule has 2 nitrogen and oxygen atoms in total. The van der Waals surface area contributed by atoms with Crippen molar-refractivity contribution >= 4 is 23.3 Å². The smallest absolute Gasteiger partial charge is 0.189 e. The number of hydrogen-bond donors (Lipinski definition) is 1. The fraction of sp³-hybridized carbons (Fsp3) is 0. The summed E-state index contributed by atoms with van der Waals surface area (Å²) < 4.78 is 13.8. The maximum absolute atomic E-state index is 11.0. The summed E-state index contributed by atoms with van der Waals surface area (Å²) in [5, 5.41) is 0. The van der Waals surface area contributed by atoms with E-state index in [0.29, 0.717) is 0 Å². The van der Waals surface area contributed by atoms with E-state index in [1.807, 2.05) is 24.3 Å². The SMILES string of the molecule is [O-][S+]1NSc2ccccc21. The van der Waals surface area contributed by atoms with Crippen molar-refractivity contribution in [3.63, 3.8) is 0 Å². The molecule has 1 aliphatic heterocycles. The Morgan fingerprint density at radius 3 is 3.00 bits per heavy atom. The highest BCUT2D eigenvalue weighted by atomic mass is 32.3. The average molecular weight is 171 g/mol. The molecule has 1 N–H and O–H groups in total. The van der Waals surface area contributed by atoms with Gasteiger partial charge in [0, 0.05) is 11.9 Å². The molecule has 4 heteroatoms. The highest BCUT2D eigenvalue weighted by molar-refractivity contribution is 8.11. The van der Waals surface area contributed by atoms with Crippen LogP contribution in [0.3, 0.4) is 0 Å². The molecule has 2 rings (SSSR count). The minimum atomic E-state index is -0.985. The molecule has 1 unspecified atom stereocenters. The van der Waals surface area contributed by atoms with Crippen molar-refractivity contribution in [3.8, 4) is 0 Å². The third-order valence-corrected chi connectivity index (χ3v) is 3.68. The van der Waals surface area contributed by atoms with Gasteiger partial charge in [-0.05, 0) is 12.1 Å². The minimum Gasteiger partial charge on any atom is -0.592 e. The molecule has 0 amide bonds. The lowest BCUT2D eigenvalue weighted by molar-refractivity contribution is 0.593. The van der Waals surface area contributed by atoms with Crippen molar-refractivity contribution in [2.24, 2.45) is 0 Å². The molecule has 0 bridgehead atoms. The zero-order chi connectivity index (χ0) is 6.97. The lowest BCUT2D eigenvalue weighted by Gasteiger charge is -1.97. The molecule has 1 aliphatic rings. The van der Waals surface area contributed by atoms with Gasteiger partial charge in [-0.3, -0.25) is 0 Å². The highest BCUT2D eigenvalue weighted by Gasteiger charge is 2.24. The molecular formula is C6H5NOS2. The first-order valence-corrected chi connectivity index (χ1v) is 4.78. The topological polar surface area (TPSA) is 35.1 Å². The lowest BCUT2D eigenvalue weighted by atomic mass is 10.4. The van der Waals surface area contributed by atoms with Gasteiger partial charge in [-0.15, -0.1) is 0 Å². The fourth-order valence-electron chi connectivity index (χ4n) is 0.815. The second kappa shape index (κ2) is 2.47. The Hall–Kier alpha value is -0.160. The van der Waals surface area contributed by atoms with Gasteiger partial charge in [0.1, 0.15) is 0 Å². The van der Waals surface area contributed by atoms with Gasteiger partial charge in [0.25, 0.3) is 0 Å². The first kappa shape index (κ1) is 6.54. The summed E-state index contributed by atoms with van der Waals surface area (Å²) in [4.78, 5) is 1.97. The third-order valence-electron chi connectivity index (χ3n) is 1.28. The van der Waals surface area contributed by atoms with E-state index in [0.717, 1.165) is 9.79 Å². The van der Waals surface area contributed by atoms with Gasteiger partial charge in [-0.25, -0.2) is 0 Å². The van der Waals surface area contributed by atoms with Gasteiger partial charge in [0.15, 0.2) is 4.90 Å². The Labute approximate surface area is 66.5 Å². The summed E-state index contributed by atoms with van der Waals surface area (Å²) in [6.45, 7) is 0. The Morgan fingerprint density at radius 1 is 1.40 bits per heavy atom. The van der Waals surface area contributed by atoms with Crippen molar-refractivity contribution in [1.82, 2.24) is 4.13 Å². The summed E-state index contributed by atoms with van der Waals surface area (Å²) >= 11 is 0.441. The van der Waals surface area contributed by atoms with E-state index >= 15 is 0 Å². The summed E-state index contributed by atoms with van der Waals surface area (Å²) in [5.41, 5.74) is 0. The molecule has 1 aromatic rings. The summed E-state index contributed by atoms with van der Waals surface area (Å²) in [6, 6.07) is 7.66. The molecule has 0 radical (unpaired) electrons. The van der Waals surface area contributed by atoms with Crippen LogP contribution in [-0.2, 0) is 11.4 Å². The predicted molar refractivity (Wildman–Crippen MR) is 41.8 cm³/mol. The molecule has 0 aliphatic carbocycles. The molecule has 0 saturated carbocycles. The van der Waals surface area contributed by atoms with Gasteiger partial charge in [-0.1, -0.05) is 16.3 Å². The molecular weight excluding hydrogens is 166 g/mol. The van der Waals surface area contributed by atoms with E-state index in [-0.39, 0.29) is 0 Å². The molecule has 1 aromatic carbocycles. The highest BCUT2D eigenvalue weighted by Crippen LogP contribution is 2.31. The number of nitrogens with one attached hydrogen (secondary N) is 1. The average Bonchev–Trinajstić information content (AvgIpc) is 2.34. The van der Waals surface area contributed by atoms with Crippen LogP contribution in [0.1, 0.15) is 0 Å². The molecule has 0 fully saturated rings. The number of rotatable bonds is 0. The maximum atomic E-state index is 11.0. The molecule has 1 heterocycles. The van der Waals surface area contributed by atoms with Crippen molar-refractivity contribution in [2.75, 3.05) is 0 Å². The van der Waals surface area contributed by atoms with Gasteiger partial charge in [0.05, 0.1) is 16.3 Å². The second-order valence-corrected chi connectivity index (χ2v) is 4.19. The Bertz CT molecular complexity index is 253. The van der Waals surface area contributed by atoms with Gasteiger partial charge in [-0.2, -0.15) is 0 Å². The largest absolute Gasteiger partial charge is 0.592 e. The number of fused-ring (bicyclic) bond motifs is 1. The van der Waals surface area contributed by atoms with Crippen LogP contribution in [0.4, 0.5) is 0 Å². The number of benzene rings is 1. The quantitative estimate of drug-likeness (QED) is 0.472. The second-order valence-electron chi connectivity index (χ2n) is 1.90. The van der Waals surface area contributed by atoms with Crippen LogP contribution in [0.2, 0.25) is 0 Å². The van der Waals surface area contributed by atoms with E-state index in [2.05, 4.69) is 4.13 Å².